The minimum absolute atomic E-state index is 0.168. The number of carbonyl (C=O) groups excluding carboxylic acids is 3. The summed E-state index contributed by atoms with van der Waals surface area (Å²) in [5.74, 6) is -0.125. The van der Waals surface area contributed by atoms with E-state index in [1.165, 1.54) is 12.8 Å². The van der Waals surface area contributed by atoms with E-state index in [4.69, 9.17) is 4.74 Å². The standard InChI is InChI=1S/C23H32N4O4/c1-2-9-25-10-4-11-26(13-12-25)14-15-31-20-6-3-5-17-18(20)16-27(23(17)30)19-7-8-21(28)24-22(19)29/h3,5-6,19H,2,4,7-16H2,1H3,(H,24,28,29). The van der Waals surface area contributed by atoms with Crippen LogP contribution in [-0.2, 0) is 16.1 Å². The number of rotatable bonds is 7. The van der Waals surface area contributed by atoms with Crippen LogP contribution in [0.15, 0.2) is 18.2 Å². The number of benzene rings is 1. The van der Waals surface area contributed by atoms with Crippen molar-refractivity contribution in [2.24, 2.45) is 0 Å². The quantitative estimate of drug-likeness (QED) is 0.658. The van der Waals surface area contributed by atoms with Gasteiger partial charge in [-0.05, 0) is 51.0 Å². The Morgan fingerprint density at radius 1 is 1.06 bits per heavy atom. The van der Waals surface area contributed by atoms with E-state index < -0.39 is 11.9 Å². The Labute approximate surface area is 183 Å². The van der Waals surface area contributed by atoms with Crippen LogP contribution < -0.4 is 10.1 Å². The van der Waals surface area contributed by atoms with Crippen LogP contribution in [-0.4, -0.2) is 84.3 Å². The second-order valence-electron chi connectivity index (χ2n) is 8.57. The third-order valence-electron chi connectivity index (χ3n) is 6.43. The van der Waals surface area contributed by atoms with E-state index in [0.29, 0.717) is 30.9 Å². The summed E-state index contributed by atoms with van der Waals surface area (Å²) in [5, 5.41) is 2.34. The lowest BCUT2D eigenvalue weighted by molar-refractivity contribution is -0.136. The maximum Gasteiger partial charge on any atom is 0.255 e. The summed E-state index contributed by atoms with van der Waals surface area (Å²) in [6, 6.07) is 4.90. The molecule has 1 aromatic carbocycles. The third-order valence-corrected chi connectivity index (χ3v) is 6.43. The monoisotopic (exact) mass is 428 g/mol. The van der Waals surface area contributed by atoms with E-state index in [1.54, 1.807) is 11.0 Å². The van der Waals surface area contributed by atoms with Gasteiger partial charge in [0.05, 0.1) is 6.54 Å². The molecule has 8 nitrogen and oxygen atoms in total. The first kappa shape index (κ1) is 21.8. The molecule has 0 radical (unpaired) electrons. The second-order valence-corrected chi connectivity index (χ2v) is 8.57. The smallest absolute Gasteiger partial charge is 0.255 e. The van der Waals surface area contributed by atoms with Gasteiger partial charge in [0, 0.05) is 37.2 Å². The van der Waals surface area contributed by atoms with Gasteiger partial charge in [0.15, 0.2) is 0 Å². The molecule has 3 amide bonds. The molecule has 0 bridgehead atoms. The fourth-order valence-corrected chi connectivity index (χ4v) is 4.76. The van der Waals surface area contributed by atoms with Gasteiger partial charge in [0.2, 0.25) is 11.8 Å². The molecule has 3 heterocycles. The minimum atomic E-state index is -0.603. The normalized spacial score (nSPS) is 22.9. The lowest BCUT2D eigenvalue weighted by Gasteiger charge is -2.29. The molecule has 1 atom stereocenters. The van der Waals surface area contributed by atoms with Crippen molar-refractivity contribution in [2.45, 2.75) is 45.2 Å². The predicted octanol–water partition coefficient (Wildman–Crippen LogP) is 1.24. The van der Waals surface area contributed by atoms with Crippen LogP contribution in [0.25, 0.3) is 0 Å². The Balaban J connectivity index is 1.35. The Kier molecular flexibility index (Phi) is 6.87. The Morgan fingerprint density at radius 3 is 2.58 bits per heavy atom. The molecule has 2 fully saturated rings. The Morgan fingerprint density at radius 2 is 1.84 bits per heavy atom. The molecule has 31 heavy (non-hydrogen) atoms. The van der Waals surface area contributed by atoms with Crippen LogP contribution in [0, 0.1) is 0 Å². The van der Waals surface area contributed by atoms with E-state index in [9.17, 15) is 14.4 Å². The second kappa shape index (κ2) is 9.78. The van der Waals surface area contributed by atoms with Gasteiger partial charge >= 0.3 is 0 Å². The molecular formula is C23H32N4O4. The molecular weight excluding hydrogens is 396 g/mol. The highest BCUT2D eigenvalue weighted by Gasteiger charge is 2.40. The average molecular weight is 429 g/mol. The Bertz CT molecular complexity index is 843. The topological polar surface area (TPSA) is 82.2 Å². The van der Waals surface area contributed by atoms with Crippen molar-refractivity contribution >= 4 is 17.7 Å². The minimum Gasteiger partial charge on any atom is -0.492 e. The molecule has 168 valence electrons. The number of hydrogen-bond acceptors (Lipinski definition) is 6. The van der Waals surface area contributed by atoms with E-state index in [0.717, 1.165) is 44.8 Å². The summed E-state index contributed by atoms with van der Waals surface area (Å²) in [7, 11) is 0. The first-order chi connectivity index (χ1) is 15.1. The van der Waals surface area contributed by atoms with Crippen LogP contribution in [0.3, 0.4) is 0 Å². The highest BCUT2D eigenvalue weighted by molar-refractivity contribution is 6.05. The van der Waals surface area contributed by atoms with Gasteiger partial charge in [-0.3, -0.25) is 24.6 Å². The van der Waals surface area contributed by atoms with Crippen molar-refractivity contribution in [1.29, 1.82) is 0 Å². The Hall–Kier alpha value is -2.45. The zero-order chi connectivity index (χ0) is 21.8. The maximum absolute atomic E-state index is 12.9. The van der Waals surface area contributed by atoms with E-state index >= 15 is 0 Å². The van der Waals surface area contributed by atoms with Crippen molar-refractivity contribution in [3.63, 3.8) is 0 Å². The van der Waals surface area contributed by atoms with E-state index in [2.05, 4.69) is 22.0 Å². The molecule has 0 saturated carbocycles. The molecule has 8 heteroatoms. The fourth-order valence-electron chi connectivity index (χ4n) is 4.76. The number of hydrogen-bond donors (Lipinski definition) is 1. The number of nitrogens with zero attached hydrogens (tertiary/aromatic N) is 3. The lowest BCUT2D eigenvalue weighted by Crippen LogP contribution is -2.52. The summed E-state index contributed by atoms with van der Waals surface area (Å²) in [6.07, 6.45) is 2.99. The number of amides is 3. The van der Waals surface area contributed by atoms with Crippen molar-refractivity contribution in [1.82, 2.24) is 20.0 Å². The maximum atomic E-state index is 12.9. The largest absolute Gasteiger partial charge is 0.492 e. The third kappa shape index (κ3) is 4.91. The van der Waals surface area contributed by atoms with Crippen molar-refractivity contribution in [2.75, 3.05) is 45.9 Å². The first-order valence-electron chi connectivity index (χ1n) is 11.4. The van der Waals surface area contributed by atoms with Crippen molar-refractivity contribution < 1.29 is 19.1 Å². The van der Waals surface area contributed by atoms with E-state index in [-0.39, 0.29) is 18.2 Å². The van der Waals surface area contributed by atoms with Crippen LogP contribution >= 0.6 is 0 Å². The summed E-state index contributed by atoms with van der Waals surface area (Å²) < 4.78 is 6.11. The van der Waals surface area contributed by atoms with E-state index in [1.807, 2.05) is 12.1 Å². The number of ether oxygens (including phenoxy) is 1. The molecule has 1 aromatic rings. The molecule has 4 rings (SSSR count). The van der Waals surface area contributed by atoms with Crippen LogP contribution in [0.4, 0.5) is 0 Å². The molecule has 0 aliphatic carbocycles. The summed E-state index contributed by atoms with van der Waals surface area (Å²) in [4.78, 5) is 43.1. The number of nitrogens with one attached hydrogen (secondary N) is 1. The number of fused-ring (bicyclic) bond motifs is 1. The molecule has 2 saturated heterocycles. The summed E-state index contributed by atoms with van der Waals surface area (Å²) in [5.41, 5.74) is 1.43. The molecule has 1 N–H and O–H groups in total. The molecule has 3 aliphatic rings. The highest BCUT2D eigenvalue weighted by Crippen LogP contribution is 2.33. The zero-order valence-electron chi connectivity index (χ0n) is 18.3. The molecule has 3 aliphatic heterocycles. The molecule has 1 unspecified atom stereocenters. The first-order valence-corrected chi connectivity index (χ1v) is 11.4. The van der Waals surface area contributed by atoms with Gasteiger partial charge in [0.25, 0.3) is 5.91 Å². The number of piperidine rings is 1. The summed E-state index contributed by atoms with van der Waals surface area (Å²) in [6.45, 7) is 9.55. The predicted molar refractivity (Wildman–Crippen MR) is 116 cm³/mol. The highest BCUT2D eigenvalue weighted by atomic mass is 16.5. The van der Waals surface area contributed by atoms with Crippen molar-refractivity contribution in [3.8, 4) is 5.75 Å². The van der Waals surface area contributed by atoms with Gasteiger partial charge in [-0.15, -0.1) is 0 Å². The fraction of sp³-hybridized carbons (Fsp3) is 0.609. The molecule has 0 aromatic heterocycles. The number of imide groups is 1. The van der Waals surface area contributed by atoms with Gasteiger partial charge in [-0.2, -0.15) is 0 Å². The SMILES string of the molecule is CCCN1CCCN(CCOc2cccc3c2CN(C2CCC(=O)NC2=O)C3=O)CC1. The molecule has 0 spiro atoms. The number of carbonyl (C=O) groups is 3. The van der Waals surface area contributed by atoms with Gasteiger partial charge in [-0.1, -0.05) is 13.0 Å². The summed E-state index contributed by atoms with van der Waals surface area (Å²) >= 11 is 0. The van der Waals surface area contributed by atoms with Gasteiger partial charge in [0.1, 0.15) is 18.4 Å². The average Bonchev–Trinajstić information content (AvgIpc) is 2.93. The zero-order valence-corrected chi connectivity index (χ0v) is 18.3. The van der Waals surface area contributed by atoms with Gasteiger partial charge in [-0.25, -0.2) is 0 Å². The van der Waals surface area contributed by atoms with Gasteiger partial charge < -0.3 is 14.5 Å². The lowest BCUT2D eigenvalue weighted by atomic mass is 10.0. The van der Waals surface area contributed by atoms with Crippen LogP contribution in [0.5, 0.6) is 5.75 Å². The van der Waals surface area contributed by atoms with Crippen molar-refractivity contribution in [3.05, 3.63) is 29.3 Å². The van der Waals surface area contributed by atoms with Crippen LogP contribution in [0.2, 0.25) is 0 Å². The van der Waals surface area contributed by atoms with Crippen LogP contribution in [0.1, 0.15) is 48.5 Å².